The molecular formula is C23H26O6. The predicted molar refractivity (Wildman–Crippen MR) is 108 cm³/mol. The summed E-state index contributed by atoms with van der Waals surface area (Å²) in [6.07, 6.45) is 2.45. The van der Waals surface area contributed by atoms with Gasteiger partial charge in [0.05, 0.1) is 5.41 Å². The van der Waals surface area contributed by atoms with E-state index in [2.05, 4.69) is 6.58 Å². The minimum Gasteiger partial charge on any atom is -0.468 e. The standard InChI is InChI=1S/C23H26O6/c1-5-6-20-19-12-11-18(28-15-26-4)13-21(19)29-22(24)23(20,2)16-7-9-17(10-8-16)27-14-25-3/h5,7-13,20H,1,6,14-15H2,2-4H3/t20?,23-/m0/s1. The van der Waals surface area contributed by atoms with Gasteiger partial charge in [-0.2, -0.15) is 0 Å². The summed E-state index contributed by atoms with van der Waals surface area (Å²) in [6.45, 7) is 6.09. The van der Waals surface area contributed by atoms with E-state index in [0.29, 0.717) is 23.7 Å². The molecule has 1 unspecified atom stereocenters. The lowest BCUT2D eigenvalue weighted by molar-refractivity contribution is -0.143. The molecule has 0 saturated heterocycles. The highest BCUT2D eigenvalue weighted by Crippen LogP contribution is 2.50. The molecule has 1 aliphatic rings. The molecule has 6 heteroatoms. The van der Waals surface area contributed by atoms with E-state index in [0.717, 1.165) is 11.1 Å². The molecule has 2 aromatic rings. The third-order valence-corrected chi connectivity index (χ3v) is 5.23. The number of carbonyl (C=O) groups is 1. The Morgan fingerprint density at radius 1 is 1.03 bits per heavy atom. The van der Waals surface area contributed by atoms with Gasteiger partial charge >= 0.3 is 5.97 Å². The Balaban J connectivity index is 1.98. The van der Waals surface area contributed by atoms with Crippen LogP contribution in [-0.2, 0) is 19.7 Å². The van der Waals surface area contributed by atoms with Crippen molar-refractivity contribution in [1.82, 2.24) is 0 Å². The molecule has 0 amide bonds. The SMILES string of the molecule is C=CCC1c2ccc(OCOC)cc2OC(=O)[C@@]1(C)c1ccc(OCOC)cc1. The summed E-state index contributed by atoms with van der Waals surface area (Å²) in [5.74, 6) is 1.32. The maximum atomic E-state index is 13.2. The number of esters is 1. The zero-order valence-corrected chi connectivity index (χ0v) is 17.0. The van der Waals surface area contributed by atoms with Crippen LogP contribution in [0.25, 0.3) is 0 Å². The molecule has 1 aliphatic heterocycles. The highest BCUT2D eigenvalue weighted by molar-refractivity contribution is 5.88. The van der Waals surface area contributed by atoms with E-state index in [9.17, 15) is 4.79 Å². The lowest BCUT2D eigenvalue weighted by atomic mass is 9.66. The molecule has 3 rings (SSSR count). The number of rotatable bonds is 9. The first kappa shape index (κ1) is 20.9. The Labute approximate surface area is 171 Å². The third kappa shape index (κ3) is 4.13. The van der Waals surface area contributed by atoms with E-state index in [1.807, 2.05) is 49.4 Å². The van der Waals surface area contributed by atoms with E-state index in [4.69, 9.17) is 23.7 Å². The van der Waals surface area contributed by atoms with Crippen molar-refractivity contribution in [1.29, 1.82) is 0 Å². The van der Waals surface area contributed by atoms with Crippen LogP contribution in [0.5, 0.6) is 17.2 Å². The Kier molecular flexibility index (Phi) is 6.56. The Morgan fingerprint density at radius 2 is 1.66 bits per heavy atom. The van der Waals surface area contributed by atoms with E-state index >= 15 is 0 Å². The number of carbonyl (C=O) groups excluding carboxylic acids is 1. The summed E-state index contributed by atoms with van der Waals surface area (Å²) < 4.78 is 26.5. The summed E-state index contributed by atoms with van der Waals surface area (Å²) in [5, 5.41) is 0. The molecule has 0 N–H and O–H groups in total. The van der Waals surface area contributed by atoms with Crippen LogP contribution in [0.2, 0.25) is 0 Å². The second-order valence-corrected chi connectivity index (χ2v) is 6.99. The number of allylic oxidation sites excluding steroid dienone is 1. The van der Waals surface area contributed by atoms with Gasteiger partial charge in [-0.05, 0) is 37.1 Å². The quantitative estimate of drug-likeness (QED) is 0.273. The second-order valence-electron chi connectivity index (χ2n) is 6.99. The zero-order valence-electron chi connectivity index (χ0n) is 17.0. The summed E-state index contributed by atoms with van der Waals surface area (Å²) >= 11 is 0. The lowest BCUT2D eigenvalue weighted by Gasteiger charge is -2.40. The van der Waals surface area contributed by atoms with Crippen LogP contribution in [0.4, 0.5) is 0 Å². The molecule has 0 radical (unpaired) electrons. The van der Waals surface area contributed by atoms with Gasteiger partial charge in [0.1, 0.15) is 17.2 Å². The van der Waals surface area contributed by atoms with Crippen molar-refractivity contribution in [2.45, 2.75) is 24.7 Å². The Hall–Kier alpha value is -2.83. The number of hydrogen-bond donors (Lipinski definition) is 0. The molecule has 0 saturated carbocycles. The first-order valence-corrected chi connectivity index (χ1v) is 9.35. The summed E-state index contributed by atoms with van der Waals surface area (Å²) in [7, 11) is 3.12. The summed E-state index contributed by atoms with van der Waals surface area (Å²) in [5.41, 5.74) is 0.927. The van der Waals surface area contributed by atoms with Gasteiger partial charge in [-0.3, -0.25) is 4.79 Å². The van der Waals surface area contributed by atoms with Gasteiger partial charge in [0.15, 0.2) is 13.6 Å². The van der Waals surface area contributed by atoms with E-state index in [1.54, 1.807) is 20.3 Å². The molecule has 2 aromatic carbocycles. The second kappa shape index (κ2) is 9.11. The van der Waals surface area contributed by atoms with Gasteiger partial charge in [0, 0.05) is 31.8 Å². The van der Waals surface area contributed by atoms with Crippen molar-refractivity contribution < 1.29 is 28.5 Å². The van der Waals surface area contributed by atoms with Crippen molar-refractivity contribution in [2.24, 2.45) is 0 Å². The van der Waals surface area contributed by atoms with Crippen molar-refractivity contribution in [3.63, 3.8) is 0 Å². The van der Waals surface area contributed by atoms with Gasteiger partial charge < -0.3 is 23.7 Å². The van der Waals surface area contributed by atoms with Gasteiger partial charge in [0.2, 0.25) is 0 Å². The monoisotopic (exact) mass is 398 g/mol. The highest BCUT2D eigenvalue weighted by Gasteiger charge is 2.49. The summed E-state index contributed by atoms with van der Waals surface area (Å²) in [6, 6.07) is 13.0. The van der Waals surface area contributed by atoms with Crippen LogP contribution in [0.1, 0.15) is 30.4 Å². The predicted octanol–water partition coefficient (Wildman–Crippen LogP) is 4.19. The fourth-order valence-corrected chi connectivity index (χ4v) is 3.64. The minimum atomic E-state index is -0.865. The number of ether oxygens (including phenoxy) is 5. The molecule has 0 aliphatic carbocycles. The smallest absolute Gasteiger partial charge is 0.322 e. The first-order valence-electron chi connectivity index (χ1n) is 9.35. The molecule has 6 nitrogen and oxygen atoms in total. The van der Waals surface area contributed by atoms with Crippen molar-refractivity contribution in [3.05, 3.63) is 66.2 Å². The zero-order chi connectivity index (χ0) is 20.9. The van der Waals surface area contributed by atoms with Crippen LogP contribution in [0.3, 0.4) is 0 Å². The van der Waals surface area contributed by atoms with Crippen LogP contribution in [0.15, 0.2) is 55.1 Å². The maximum absolute atomic E-state index is 13.2. The Bertz CT molecular complexity index is 860. The fraction of sp³-hybridized carbons (Fsp3) is 0.348. The number of fused-ring (bicyclic) bond motifs is 1. The largest absolute Gasteiger partial charge is 0.468 e. The van der Waals surface area contributed by atoms with Crippen molar-refractivity contribution >= 4 is 5.97 Å². The average molecular weight is 398 g/mol. The molecule has 0 fully saturated rings. The molecular weight excluding hydrogens is 372 g/mol. The molecule has 154 valence electrons. The Morgan fingerprint density at radius 3 is 2.28 bits per heavy atom. The molecule has 2 atom stereocenters. The van der Waals surface area contributed by atoms with Crippen LogP contribution >= 0.6 is 0 Å². The van der Waals surface area contributed by atoms with Crippen LogP contribution in [-0.4, -0.2) is 33.8 Å². The summed E-state index contributed by atoms with van der Waals surface area (Å²) in [4.78, 5) is 13.2. The minimum absolute atomic E-state index is 0.123. The molecule has 0 bridgehead atoms. The van der Waals surface area contributed by atoms with Gasteiger partial charge in [0.25, 0.3) is 0 Å². The lowest BCUT2D eigenvalue weighted by Crippen LogP contribution is -2.45. The number of methoxy groups -OCH3 is 2. The third-order valence-electron chi connectivity index (χ3n) is 5.23. The highest BCUT2D eigenvalue weighted by atomic mass is 16.7. The molecule has 1 heterocycles. The van der Waals surface area contributed by atoms with E-state index in [1.165, 1.54) is 0 Å². The fourth-order valence-electron chi connectivity index (χ4n) is 3.64. The normalized spacial score (nSPS) is 20.5. The van der Waals surface area contributed by atoms with Crippen LogP contribution < -0.4 is 14.2 Å². The van der Waals surface area contributed by atoms with Crippen molar-refractivity contribution in [2.75, 3.05) is 27.8 Å². The van der Waals surface area contributed by atoms with Gasteiger partial charge in [-0.25, -0.2) is 0 Å². The van der Waals surface area contributed by atoms with Crippen molar-refractivity contribution in [3.8, 4) is 17.2 Å². The van der Waals surface area contributed by atoms with E-state index < -0.39 is 5.41 Å². The van der Waals surface area contributed by atoms with Gasteiger partial charge in [-0.15, -0.1) is 6.58 Å². The van der Waals surface area contributed by atoms with Gasteiger partial charge in [-0.1, -0.05) is 24.3 Å². The number of benzene rings is 2. The van der Waals surface area contributed by atoms with Crippen LogP contribution in [0, 0.1) is 0 Å². The maximum Gasteiger partial charge on any atom is 0.322 e. The first-order chi connectivity index (χ1) is 14.0. The average Bonchev–Trinajstić information content (AvgIpc) is 2.74. The topological polar surface area (TPSA) is 63.2 Å². The molecule has 29 heavy (non-hydrogen) atoms. The molecule has 0 aromatic heterocycles. The number of hydrogen-bond acceptors (Lipinski definition) is 6. The molecule has 0 spiro atoms. The van der Waals surface area contributed by atoms with E-state index in [-0.39, 0.29) is 25.5 Å².